The third kappa shape index (κ3) is 6.56. The van der Waals surface area contributed by atoms with Crippen LogP contribution in [0.1, 0.15) is 60.1 Å². The van der Waals surface area contributed by atoms with Gasteiger partial charge in [-0.15, -0.1) is 0 Å². The van der Waals surface area contributed by atoms with Crippen molar-refractivity contribution >= 4 is 51.8 Å². The van der Waals surface area contributed by atoms with Crippen LogP contribution in [0.25, 0.3) is 0 Å². The van der Waals surface area contributed by atoms with E-state index in [9.17, 15) is 19.5 Å². The predicted octanol–water partition coefficient (Wildman–Crippen LogP) is 3.82. The fourth-order valence-electron chi connectivity index (χ4n) is 2.03. The molecule has 0 atom stereocenters. The molecule has 12 heteroatoms. The lowest BCUT2D eigenvalue weighted by molar-refractivity contribution is -0.172. The van der Waals surface area contributed by atoms with Crippen LogP contribution < -0.4 is 5.32 Å². The number of rotatable bonds is 6. The van der Waals surface area contributed by atoms with Gasteiger partial charge in [-0.05, 0) is 41.5 Å². The smallest absolute Gasteiger partial charge is 0.413 e. The summed E-state index contributed by atoms with van der Waals surface area (Å²) in [4.78, 5) is 45.1. The van der Waals surface area contributed by atoms with Gasteiger partial charge in [0.05, 0.1) is 0 Å². The molecule has 0 aromatic carbocycles. The Hall–Kier alpha value is -2.40. The molecule has 1 amide bonds. The second-order valence-corrected chi connectivity index (χ2v) is 10.2. The van der Waals surface area contributed by atoms with Crippen molar-refractivity contribution in [1.82, 2.24) is 4.98 Å². The molecule has 0 unspecified atom stereocenters. The van der Waals surface area contributed by atoms with Gasteiger partial charge in [-0.1, -0.05) is 28.1 Å². The first kappa shape index (κ1) is 23.9. The molecule has 166 valence electrons. The maximum atomic E-state index is 12.3. The van der Waals surface area contributed by atoms with Gasteiger partial charge in [0.15, 0.2) is 5.13 Å². The molecule has 1 aliphatic carbocycles. The molecule has 0 aliphatic heterocycles. The predicted molar refractivity (Wildman–Crippen MR) is 110 cm³/mol. The van der Waals surface area contributed by atoms with E-state index in [4.69, 9.17) is 25.9 Å². The molecule has 2 rings (SSSR count). The van der Waals surface area contributed by atoms with Gasteiger partial charge in [0, 0.05) is 12.8 Å². The number of amides is 1. The molecule has 1 saturated carbocycles. The number of aliphatic carboxylic acids is 1. The normalized spacial score (nSPS) is 15.9. The number of oxime groups is 1. The van der Waals surface area contributed by atoms with Crippen LogP contribution in [0, 0.1) is 0 Å². The molecule has 1 aliphatic rings. The maximum Gasteiger partial charge on any atom is 0.413 e. The van der Waals surface area contributed by atoms with Crippen molar-refractivity contribution in [2.45, 2.75) is 71.2 Å². The number of nitrogens with zero attached hydrogens (tertiary/aromatic N) is 2. The summed E-state index contributed by atoms with van der Waals surface area (Å²) < 4.78 is 10.4. The van der Waals surface area contributed by atoms with Crippen LogP contribution >= 0.6 is 22.9 Å². The molecule has 1 aromatic heterocycles. The van der Waals surface area contributed by atoms with Crippen molar-refractivity contribution in [3.8, 4) is 0 Å². The zero-order chi connectivity index (χ0) is 22.9. The van der Waals surface area contributed by atoms with Gasteiger partial charge in [0.25, 0.3) is 0 Å². The highest BCUT2D eigenvalue weighted by Crippen LogP contribution is 2.42. The van der Waals surface area contributed by atoms with Crippen molar-refractivity contribution in [3.05, 3.63) is 10.0 Å². The van der Waals surface area contributed by atoms with E-state index in [0.29, 0.717) is 12.8 Å². The van der Waals surface area contributed by atoms with E-state index in [1.54, 1.807) is 41.5 Å². The van der Waals surface area contributed by atoms with Gasteiger partial charge in [-0.2, -0.15) is 0 Å². The zero-order valence-electron chi connectivity index (χ0n) is 17.5. The number of hydrogen-bond donors (Lipinski definition) is 2. The van der Waals surface area contributed by atoms with E-state index in [1.165, 1.54) is 0 Å². The van der Waals surface area contributed by atoms with Crippen molar-refractivity contribution in [2.75, 3.05) is 5.32 Å². The number of carboxylic acids is 1. The van der Waals surface area contributed by atoms with Crippen molar-refractivity contribution < 1.29 is 33.8 Å². The highest BCUT2D eigenvalue weighted by Gasteiger charge is 2.56. The van der Waals surface area contributed by atoms with Crippen LogP contribution in [0.4, 0.5) is 9.93 Å². The van der Waals surface area contributed by atoms with E-state index in [-0.39, 0.29) is 15.2 Å². The van der Waals surface area contributed by atoms with Crippen LogP contribution in [0.15, 0.2) is 5.16 Å². The van der Waals surface area contributed by atoms with Gasteiger partial charge in [0.1, 0.15) is 21.2 Å². The molecular weight excluding hydrogens is 438 g/mol. The standard InChI is InChI=1S/C18H24ClN3O7S/c1-16(2,3)27-13(25)18(7-8-18)29-22-10(12(23)24)9-11(19)30-14(20-9)21-15(26)28-17(4,5)6/h7-8H2,1-6H3,(H,23,24)(H,20,21,26)/b22-10-. The number of thiazole rings is 1. The zero-order valence-corrected chi connectivity index (χ0v) is 19.1. The quantitative estimate of drug-likeness (QED) is 0.370. The van der Waals surface area contributed by atoms with E-state index < -0.39 is 40.5 Å². The highest BCUT2D eigenvalue weighted by molar-refractivity contribution is 7.20. The van der Waals surface area contributed by atoms with Gasteiger partial charge in [-0.25, -0.2) is 19.4 Å². The number of hydrogen-bond acceptors (Lipinski definition) is 9. The monoisotopic (exact) mass is 461 g/mol. The molecule has 0 radical (unpaired) electrons. The average molecular weight is 462 g/mol. The lowest BCUT2D eigenvalue weighted by Gasteiger charge is -2.22. The van der Waals surface area contributed by atoms with Gasteiger partial charge in [-0.3, -0.25) is 5.32 Å². The number of carbonyl (C=O) groups excluding carboxylic acids is 2. The van der Waals surface area contributed by atoms with Crippen molar-refractivity contribution in [1.29, 1.82) is 0 Å². The van der Waals surface area contributed by atoms with E-state index in [0.717, 1.165) is 11.3 Å². The number of anilines is 1. The van der Waals surface area contributed by atoms with Gasteiger partial charge >= 0.3 is 18.0 Å². The third-order valence-electron chi connectivity index (χ3n) is 3.41. The molecule has 0 spiro atoms. The molecule has 2 N–H and O–H groups in total. The number of carbonyl (C=O) groups is 3. The van der Waals surface area contributed by atoms with Crippen LogP contribution in [0.3, 0.4) is 0 Å². The van der Waals surface area contributed by atoms with Gasteiger partial charge < -0.3 is 19.4 Å². The molecule has 10 nitrogen and oxygen atoms in total. The Morgan fingerprint density at radius 3 is 2.17 bits per heavy atom. The first-order chi connectivity index (χ1) is 13.6. The van der Waals surface area contributed by atoms with E-state index >= 15 is 0 Å². The van der Waals surface area contributed by atoms with Crippen LogP contribution in [-0.2, 0) is 23.9 Å². The molecular formula is C18H24ClN3O7S. The number of halogens is 1. The minimum Gasteiger partial charge on any atom is -0.476 e. The number of aromatic nitrogens is 1. The molecule has 1 heterocycles. The molecule has 30 heavy (non-hydrogen) atoms. The van der Waals surface area contributed by atoms with Crippen LogP contribution in [0.2, 0.25) is 4.34 Å². The first-order valence-electron chi connectivity index (χ1n) is 9.01. The topological polar surface area (TPSA) is 136 Å². The second kappa shape index (κ2) is 8.38. The summed E-state index contributed by atoms with van der Waals surface area (Å²) in [5, 5.41) is 15.5. The Morgan fingerprint density at radius 1 is 1.13 bits per heavy atom. The van der Waals surface area contributed by atoms with Crippen molar-refractivity contribution in [2.24, 2.45) is 5.16 Å². The molecule has 0 bridgehead atoms. The number of ether oxygens (including phenoxy) is 2. The summed E-state index contributed by atoms with van der Waals surface area (Å²) in [6.07, 6.45) is -0.0882. The first-order valence-corrected chi connectivity index (χ1v) is 10.2. The third-order valence-corrected chi connectivity index (χ3v) is 4.58. The fraction of sp³-hybridized carbons (Fsp3) is 0.611. The maximum absolute atomic E-state index is 12.3. The Morgan fingerprint density at radius 2 is 1.70 bits per heavy atom. The second-order valence-electron chi connectivity index (χ2n) is 8.60. The average Bonchev–Trinajstić information content (AvgIpc) is 3.23. The minimum absolute atomic E-state index is 0.0199. The summed E-state index contributed by atoms with van der Waals surface area (Å²) in [7, 11) is 0. The Bertz CT molecular complexity index is 879. The highest BCUT2D eigenvalue weighted by atomic mass is 35.5. The van der Waals surface area contributed by atoms with Gasteiger partial charge in [0.2, 0.25) is 11.3 Å². The van der Waals surface area contributed by atoms with Crippen LogP contribution in [0.5, 0.6) is 0 Å². The van der Waals surface area contributed by atoms with E-state index in [2.05, 4.69) is 15.5 Å². The number of nitrogens with one attached hydrogen (secondary N) is 1. The largest absolute Gasteiger partial charge is 0.476 e. The Balaban J connectivity index is 2.19. The van der Waals surface area contributed by atoms with Crippen molar-refractivity contribution in [3.63, 3.8) is 0 Å². The number of carboxylic acid groups (broad SMARTS) is 1. The summed E-state index contributed by atoms with van der Waals surface area (Å²) in [5.74, 6) is -2.09. The molecule has 1 aromatic rings. The lowest BCUT2D eigenvalue weighted by Crippen LogP contribution is -2.34. The van der Waals surface area contributed by atoms with Crippen LogP contribution in [-0.4, -0.2) is 50.6 Å². The molecule has 1 fully saturated rings. The number of esters is 1. The fourth-order valence-corrected chi connectivity index (χ4v) is 3.06. The summed E-state index contributed by atoms with van der Waals surface area (Å²) in [6, 6.07) is 0. The molecule has 0 saturated heterocycles. The Labute approximate surface area is 182 Å². The SMILES string of the molecule is CC(C)(C)OC(=O)Nc1nc(/C(=N/OC2(C(=O)OC(C)(C)C)CC2)C(=O)O)c(Cl)s1. The summed E-state index contributed by atoms with van der Waals surface area (Å²) >= 11 is 6.92. The Kier molecular flexibility index (Phi) is 6.67. The lowest BCUT2D eigenvalue weighted by atomic mass is 10.2. The summed E-state index contributed by atoms with van der Waals surface area (Å²) in [5.41, 5.74) is -3.59. The summed E-state index contributed by atoms with van der Waals surface area (Å²) in [6.45, 7) is 10.2. The minimum atomic E-state index is -1.47. The van der Waals surface area contributed by atoms with E-state index in [1.807, 2.05) is 0 Å².